The highest BCUT2D eigenvalue weighted by molar-refractivity contribution is 5.79. The average molecular weight is 416 g/mol. The van der Waals surface area contributed by atoms with Crippen LogP contribution in [0.2, 0.25) is 0 Å². The molecule has 1 heterocycles. The quantitative estimate of drug-likeness (QED) is 0.368. The fourth-order valence-electron chi connectivity index (χ4n) is 3.18. The van der Waals surface area contributed by atoms with Gasteiger partial charge in [-0.2, -0.15) is 13.2 Å². The van der Waals surface area contributed by atoms with Crippen molar-refractivity contribution in [3.05, 3.63) is 35.4 Å². The third kappa shape index (κ3) is 7.83. The van der Waals surface area contributed by atoms with Gasteiger partial charge in [-0.15, -0.1) is 0 Å². The summed E-state index contributed by atoms with van der Waals surface area (Å²) in [6, 6.07) is 5.32. The zero-order valence-electron chi connectivity index (χ0n) is 17.1. The largest absolute Gasteiger partial charge is 0.416 e. The van der Waals surface area contributed by atoms with E-state index in [-0.39, 0.29) is 6.04 Å². The number of aliphatic imine (C=N–C) groups is 1. The van der Waals surface area contributed by atoms with Gasteiger partial charge in [0.15, 0.2) is 5.96 Å². The molecule has 1 saturated heterocycles. The van der Waals surface area contributed by atoms with Crippen LogP contribution in [-0.4, -0.2) is 70.5 Å². The van der Waals surface area contributed by atoms with E-state index in [1.165, 1.54) is 0 Å². The molecule has 1 aliphatic rings. The van der Waals surface area contributed by atoms with E-state index in [1.54, 1.807) is 19.2 Å². The van der Waals surface area contributed by atoms with Crippen molar-refractivity contribution in [2.24, 2.45) is 4.99 Å². The second-order valence-electron chi connectivity index (χ2n) is 6.71. The number of morpholine rings is 1. The molecule has 0 saturated carbocycles. The molecule has 29 heavy (non-hydrogen) atoms. The van der Waals surface area contributed by atoms with Gasteiger partial charge < -0.3 is 20.1 Å². The Morgan fingerprint density at radius 3 is 2.48 bits per heavy atom. The molecule has 0 aromatic heterocycles. The molecule has 0 spiro atoms. The molecule has 164 valence electrons. The fraction of sp³-hybridized carbons (Fsp3) is 0.650. The van der Waals surface area contributed by atoms with Crippen LogP contribution < -0.4 is 10.6 Å². The highest BCUT2D eigenvalue weighted by Gasteiger charge is 2.31. The van der Waals surface area contributed by atoms with Crippen LogP contribution in [0.5, 0.6) is 0 Å². The van der Waals surface area contributed by atoms with Gasteiger partial charge in [0.05, 0.1) is 24.8 Å². The second kappa shape index (κ2) is 12.0. The standard InChI is InChI=1S/C20H31F3N4O2/c1-3-28-12-4-9-25-19(24-2)26-15-18(27-10-13-29-14-11-27)16-5-7-17(8-6-16)20(21,22)23/h5-8,18H,3-4,9-15H2,1-2H3,(H2,24,25,26). The number of nitrogens with zero attached hydrogens (tertiary/aromatic N) is 2. The van der Waals surface area contributed by atoms with Crippen LogP contribution in [0.1, 0.15) is 30.5 Å². The van der Waals surface area contributed by atoms with E-state index >= 15 is 0 Å². The molecule has 2 rings (SSSR count). The zero-order chi connectivity index (χ0) is 21.1. The van der Waals surface area contributed by atoms with Crippen LogP contribution in [0.15, 0.2) is 29.3 Å². The van der Waals surface area contributed by atoms with E-state index in [0.29, 0.717) is 38.9 Å². The van der Waals surface area contributed by atoms with Crippen molar-refractivity contribution in [3.63, 3.8) is 0 Å². The van der Waals surface area contributed by atoms with Gasteiger partial charge in [-0.05, 0) is 31.0 Å². The molecule has 1 aromatic carbocycles. The summed E-state index contributed by atoms with van der Waals surface area (Å²) in [5, 5.41) is 6.53. The number of hydrogen-bond acceptors (Lipinski definition) is 4. The van der Waals surface area contributed by atoms with Crippen LogP contribution >= 0.6 is 0 Å². The molecular weight excluding hydrogens is 385 g/mol. The average Bonchev–Trinajstić information content (AvgIpc) is 2.72. The summed E-state index contributed by atoms with van der Waals surface area (Å²) in [5.74, 6) is 0.659. The summed E-state index contributed by atoms with van der Waals surface area (Å²) >= 11 is 0. The number of guanidine groups is 1. The SMILES string of the molecule is CCOCCCNC(=NC)NCC(c1ccc(C(F)(F)F)cc1)N1CCOCC1. The molecule has 1 aromatic rings. The number of halogens is 3. The molecule has 0 radical (unpaired) electrons. The summed E-state index contributed by atoms with van der Waals surface area (Å²) in [4.78, 5) is 6.45. The number of ether oxygens (including phenoxy) is 2. The maximum atomic E-state index is 12.9. The molecule has 0 bridgehead atoms. The van der Waals surface area contributed by atoms with E-state index in [4.69, 9.17) is 9.47 Å². The lowest BCUT2D eigenvalue weighted by Gasteiger charge is -2.35. The first-order valence-electron chi connectivity index (χ1n) is 9.97. The Morgan fingerprint density at radius 1 is 1.21 bits per heavy atom. The lowest BCUT2D eigenvalue weighted by Crippen LogP contribution is -2.46. The van der Waals surface area contributed by atoms with Gasteiger partial charge in [-0.3, -0.25) is 9.89 Å². The minimum atomic E-state index is -4.33. The first-order valence-corrected chi connectivity index (χ1v) is 9.97. The minimum Gasteiger partial charge on any atom is -0.382 e. The molecule has 0 aliphatic carbocycles. The number of hydrogen-bond donors (Lipinski definition) is 2. The highest BCUT2D eigenvalue weighted by atomic mass is 19.4. The fourth-order valence-corrected chi connectivity index (χ4v) is 3.18. The lowest BCUT2D eigenvalue weighted by atomic mass is 10.0. The topological polar surface area (TPSA) is 58.1 Å². The number of benzene rings is 1. The normalized spacial score (nSPS) is 17.2. The Labute approximate surface area is 170 Å². The van der Waals surface area contributed by atoms with Crippen molar-refractivity contribution in [1.29, 1.82) is 0 Å². The molecule has 2 N–H and O–H groups in total. The van der Waals surface area contributed by atoms with Crippen molar-refractivity contribution >= 4 is 5.96 Å². The Balaban J connectivity index is 2.00. The number of nitrogens with one attached hydrogen (secondary N) is 2. The maximum Gasteiger partial charge on any atom is 0.416 e. The Bertz CT molecular complexity index is 617. The predicted molar refractivity (Wildman–Crippen MR) is 107 cm³/mol. The maximum absolute atomic E-state index is 12.9. The summed E-state index contributed by atoms with van der Waals surface area (Å²) in [5.41, 5.74) is 0.195. The van der Waals surface area contributed by atoms with Gasteiger partial charge in [0.2, 0.25) is 0 Å². The molecule has 0 amide bonds. The first kappa shape index (κ1) is 23.4. The lowest BCUT2D eigenvalue weighted by molar-refractivity contribution is -0.137. The first-order chi connectivity index (χ1) is 14.0. The van der Waals surface area contributed by atoms with Gasteiger partial charge >= 0.3 is 6.18 Å². The second-order valence-corrected chi connectivity index (χ2v) is 6.71. The van der Waals surface area contributed by atoms with Crippen molar-refractivity contribution in [1.82, 2.24) is 15.5 Å². The Hall–Kier alpha value is -1.84. The van der Waals surface area contributed by atoms with Crippen LogP contribution in [0.25, 0.3) is 0 Å². The minimum absolute atomic E-state index is 0.0804. The molecule has 1 unspecified atom stereocenters. The van der Waals surface area contributed by atoms with Gasteiger partial charge in [0.1, 0.15) is 0 Å². The Morgan fingerprint density at radius 2 is 1.90 bits per heavy atom. The van der Waals surface area contributed by atoms with E-state index < -0.39 is 11.7 Å². The van der Waals surface area contributed by atoms with Crippen molar-refractivity contribution in [2.75, 3.05) is 59.7 Å². The van der Waals surface area contributed by atoms with E-state index in [1.807, 2.05) is 6.92 Å². The Kier molecular flexibility index (Phi) is 9.69. The highest BCUT2D eigenvalue weighted by Crippen LogP contribution is 2.31. The van der Waals surface area contributed by atoms with Crippen molar-refractivity contribution in [2.45, 2.75) is 25.6 Å². The summed E-state index contributed by atoms with van der Waals surface area (Å²) in [6.07, 6.45) is -3.47. The zero-order valence-corrected chi connectivity index (χ0v) is 17.1. The number of rotatable bonds is 9. The summed E-state index contributed by atoms with van der Waals surface area (Å²) < 4.78 is 49.4. The van der Waals surface area contributed by atoms with Gasteiger partial charge in [-0.1, -0.05) is 12.1 Å². The van der Waals surface area contributed by atoms with Crippen LogP contribution in [-0.2, 0) is 15.7 Å². The van der Waals surface area contributed by atoms with Crippen LogP contribution in [0.4, 0.5) is 13.2 Å². The van der Waals surface area contributed by atoms with Crippen molar-refractivity contribution in [3.8, 4) is 0 Å². The van der Waals surface area contributed by atoms with E-state index in [0.717, 1.165) is 43.8 Å². The van der Waals surface area contributed by atoms with Gasteiger partial charge in [0, 0.05) is 46.4 Å². The third-order valence-electron chi connectivity index (χ3n) is 4.76. The van der Waals surface area contributed by atoms with Crippen LogP contribution in [0, 0.1) is 0 Å². The molecule has 9 heteroatoms. The van der Waals surface area contributed by atoms with E-state index in [2.05, 4.69) is 20.5 Å². The monoisotopic (exact) mass is 416 g/mol. The molecule has 1 atom stereocenters. The molecule has 1 fully saturated rings. The predicted octanol–water partition coefficient (Wildman–Crippen LogP) is 2.67. The molecular formula is C20H31F3N4O2. The van der Waals surface area contributed by atoms with Crippen molar-refractivity contribution < 1.29 is 22.6 Å². The molecule has 1 aliphatic heterocycles. The van der Waals surface area contributed by atoms with Gasteiger partial charge in [0.25, 0.3) is 0 Å². The summed E-state index contributed by atoms with van der Waals surface area (Å²) in [6.45, 7) is 7.27. The molecule has 6 nitrogen and oxygen atoms in total. The smallest absolute Gasteiger partial charge is 0.382 e. The summed E-state index contributed by atoms with van der Waals surface area (Å²) in [7, 11) is 1.69. The van der Waals surface area contributed by atoms with Crippen LogP contribution in [0.3, 0.4) is 0 Å². The van der Waals surface area contributed by atoms with Gasteiger partial charge in [-0.25, -0.2) is 0 Å². The third-order valence-corrected chi connectivity index (χ3v) is 4.76. The van der Waals surface area contributed by atoms with E-state index in [9.17, 15) is 13.2 Å². The number of alkyl halides is 3.